The Morgan fingerprint density at radius 3 is 2.73 bits per heavy atom. The molecule has 0 saturated heterocycles. The Kier molecular flexibility index (Phi) is 5.38. The summed E-state index contributed by atoms with van der Waals surface area (Å²) >= 11 is 0. The minimum absolute atomic E-state index is 0.00959. The molecule has 0 bridgehead atoms. The standard InChI is InChI=1S/C19H18N4O3/c1-13-17(19(25)23-21-13)11-18(24)22-20-12-14-6-5-9-16(10-14)26-15-7-3-2-4-8-15/h2-10,12,17H,11H2,1H3,(H,22,24)(H,23,25)/b20-12+. The third-order valence-electron chi connectivity index (χ3n) is 3.79. The maximum atomic E-state index is 11.9. The van der Waals surface area contributed by atoms with Gasteiger partial charge in [-0.25, -0.2) is 10.9 Å². The molecule has 0 spiro atoms. The number of hydrogen-bond donors (Lipinski definition) is 2. The molecule has 0 aromatic heterocycles. The minimum atomic E-state index is -0.534. The molecule has 1 aliphatic rings. The Balaban J connectivity index is 1.55. The Hall–Kier alpha value is -3.48. The summed E-state index contributed by atoms with van der Waals surface area (Å²) in [5.41, 5.74) is 6.14. The van der Waals surface area contributed by atoms with E-state index in [9.17, 15) is 9.59 Å². The summed E-state index contributed by atoms with van der Waals surface area (Å²) in [5, 5.41) is 7.74. The second-order valence-corrected chi connectivity index (χ2v) is 5.77. The molecule has 0 saturated carbocycles. The first-order valence-electron chi connectivity index (χ1n) is 8.11. The van der Waals surface area contributed by atoms with Gasteiger partial charge in [-0.2, -0.15) is 10.2 Å². The van der Waals surface area contributed by atoms with Crippen LogP contribution in [0, 0.1) is 5.92 Å². The second-order valence-electron chi connectivity index (χ2n) is 5.77. The summed E-state index contributed by atoms with van der Waals surface area (Å²) in [6.45, 7) is 1.71. The largest absolute Gasteiger partial charge is 0.457 e. The molecule has 7 heteroatoms. The number of hydrazone groups is 2. The van der Waals surface area contributed by atoms with Crippen LogP contribution in [-0.4, -0.2) is 23.7 Å². The van der Waals surface area contributed by atoms with Gasteiger partial charge in [-0.3, -0.25) is 9.59 Å². The van der Waals surface area contributed by atoms with E-state index in [1.54, 1.807) is 6.92 Å². The maximum absolute atomic E-state index is 11.9. The number of para-hydroxylation sites is 1. The van der Waals surface area contributed by atoms with Gasteiger partial charge in [-0.15, -0.1) is 0 Å². The monoisotopic (exact) mass is 350 g/mol. The quantitative estimate of drug-likeness (QED) is 0.619. The minimum Gasteiger partial charge on any atom is -0.457 e. The molecule has 0 fully saturated rings. The van der Waals surface area contributed by atoms with E-state index in [0.717, 1.165) is 11.3 Å². The number of nitrogens with one attached hydrogen (secondary N) is 2. The Morgan fingerprint density at radius 2 is 2.00 bits per heavy atom. The van der Waals surface area contributed by atoms with E-state index in [1.165, 1.54) is 6.21 Å². The number of carbonyl (C=O) groups is 2. The van der Waals surface area contributed by atoms with Crippen LogP contribution in [0.15, 0.2) is 64.8 Å². The first kappa shape index (κ1) is 17.3. The van der Waals surface area contributed by atoms with E-state index in [1.807, 2.05) is 54.6 Å². The van der Waals surface area contributed by atoms with Gasteiger partial charge < -0.3 is 4.74 Å². The van der Waals surface area contributed by atoms with Crippen molar-refractivity contribution in [3.63, 3.8) is 0 Å². The number of rotatable bonds is 6. The lowest BCUT2D eigenvalue weighted by Crippen LogP contribution is -2.29. The number of ether oxygens (including phenoxy) is 1. The fourth-order valence-electron chi connectivity index (χ4n) is 2.42. The SMILES string of the molecule is CC1=NNC(=O)C1CC(=O)N/N=C/c1cccc(Oc2ccccc2)c1. The molecule has 2 aromatic carbocycles. The van der Waals surface area contributed by atoms with Crippen LogP contribution in [0.25, 0.3) is 0 Å². The van der Waals surface area contributed by atoms with Gasteiger partial charge in [0, 0.05) is 12.1 Å². The highest BCUT2D eigenvalue weighted by atomic mass is 16.5. The molecule has 1 heterocycles. The number of carbonyl (C=O) groups excluding carboxylic acids is 2. The Bertz CT molecular complexity index is 862. The lowest BCUT2D eigenvalue weighted by Gasteiger charge is -2.06. The molecule has 1 unspecified atom stereocenters. The van der Waals surface area contributed by atoms with Gasteiger partial charge in [0.25, 0.3) is 0 Å². The van der Waals surface area contributed by atoms with Crippen LogP contribution in [0.4, 0.5) is 0 Å². The van der Waals surface area contributed by atoms with Gasteiger partial charge in [-0.05, 0) is 36.8 Å². The van der Waals surface area contributed by atoms with Crippen LogP contribution < -0.4 is 15.6 Å². The molecule has 2 N–H and O–H groups in total. The van der Waals surface area contributed by atoms with E-state index in [2.05, 4.69) is 21.1 Å². The highest BCUT2D eigenvalue weighted by Gasteiger charge is 2.28. The lowest BCUT2D eigenvalue weighted by molar-refractivity contribution is -0.127. The van der Waals surface area contributed by atoms with E-state index in [-0.39, 0.29) is 18.2 Å². The summed E-state index contributed by atoms with van der Waals surface area (Å²) in [5.74, 6) is 0.248. The average molecular weight is 350 g/mol. The van der Waals surface area contributed by atoms with Crippen LogP contribution in [-0.2, 0) is 9.59 Å². The van der Waals surface area contributed by atoms with Crippen molar-refractivity contribution in [2.45, 2.75) is 13.3 Å². The van der Waals surface area contributed by atoms with Crippen LogP contribution in [0.1, 0.15) is 18.9 Å². The molecule has 1 aliphatic heterocycles. The van der Waals surface area contributed by atoms with E-state index in [0.29, 0.717) is 11.5 Å². The van der Waals surface area contributed by atoms with Crippen molar-refractivity contribution in [3.8, 4) is 11.5 Å². The number of amides is 2. The van der Waals surface area contributed by atoms with Crippen molar-refractivity contribution < 1.29 is 14.3 Å². The number of nitrogens with zero attached hydrogens (tertiary/aromatic N) is 2. The Labute approximate surface area is 150 Å². The fraction of sp³-hybridized carbons (Fsp3) is 0.158. The molecule has 2 amide bonds. The molecule has 7 nitrogen and oxygen atoms in total. The molecule has 3 rings (SSSR count). The predicted octanol–water partition coefficient (Wildman–Crippen LogP) is 2.44. The summed E-state index contributed by atoms with van der Waals surface area (Å²) in [7, 11) is 0. The van der Waals surface area contributed by atoms with Crippen molar-refractivity contribution >= 4 is 23.7 Å². The van der Waals surface area contributed by atoms with Crippen molar-refractivity contribution in [1.29, 1.82) is 0 Å². The number of hydrogen-bond acceptors (Lipinski definition) is 5. The van der Waals surface area contributed by atoms with Gasteiger partial charge in [0.2, 0.25) is 11.8 Å². The van der Waals surface area contributed by atoms with E-state index < -0.39 is 5.92 Å². The average Bonchev–Trinajstić information content (AvgIpc) is 2.95. The first-order chi connectivity index (χ1) is 12.6. The maximum Gasteiger partial charge on any atom is 0.249 e. The van der Waals surface area contributed by atoms with Crippen LogP contribution in [0.2, 0.25) is 0 Å². The van der Waals surface area contributed by atoms with Gasteiger partial charge >= 0.3 is 0 Å². The van der Waals surface area contributed by atoms with Gasteiger partial charge in [-0.1, -0.05) is 30.3 Å². The molecule has 0 radical (unpaired) electrons. The second kappa shape index (κ2) is 8.06. The van der Waals surface area contributed by atoms with Crippen molar-refractivity contribution in [1.82, 2.24) is 10.9 Å². The highest BCUT2D eigenvalue weighted by Crippen LogP contribution is 2.21. The van der Waals surface area contributed by atoms with Crippen molar-refractivity contribution in [3.05, 3.63) is 60.2 Å². The summed E-state index contributed by atoms with van der Waals surface area (Å²) < 4.78 is 5.75. The molecule has 26 heavy (non-hydrogen) atoms. The molecular formula is C19H18N4O3. The Morgan fingerprint density at radius 1 is 1.23 bits per heavy atom. The van der Waals surface area contributed by atoms with Crippen LogP contribution in [0.3, 0.4) is 0 Å². The predicted molar refractivity (Wildman–Crippen MR) is 98.1 cm³/mol. The van der Waals surface area contributed by atoms with Gasteiger partial charge in [0.1, 0.15) is 11.5 Å². The first-order valence-corrected chi connectivity index (χ1v) is 8.11. The zero-order chi connectivity index (χ0) is 18.4. The topological polar surface area (TPSA) is 92.2 Å². The fourth-order valence-corrected chi connectivity index (χ4v) is 2.42. The molecule has 132 valence electrons. The summed E-state index contributed by atoms with van der Waals surface area (Å²) in [6, 6.07) is 16.8. The van der Waals surface area contributed by atoms with Crippen LogP contribution >= 0.6 is 0 Å². The van der Waals surface area contributed by atoms with Crippen LogP contribution in [0.5, 0.6) is 11.5 Å². The highest BCUT2D eigenvalue weighted by molar-refractivity contribution is 6.09. The smallest absolute Gasteiger partial charge is 0.249 e. The zero-order valence-corrected chi connectivity index (χ0v) is 14.2. The third-order valence-corrected chi connectivity index (χ3v) is 3.79. The van der Waals surface area contributed by atoms with Gasteiger partial charge in [0.15, 0.2) is 0 Å². The normalized spacial score (nSPS) is 16.3. The van der Waals surface area contributed by atoms with Crippen molar-refractivity contribution in [2.75, 3.05) is 0 Å². The van der Waals surface area contributed by atoms with E-state index in [4.69, 9.17) is 4.74 Å². The molecule has 0 aliphatic carbocycles. The zero-order valence-electron chi connectivity index (χ0n) is 14.2. The van der Waals surface area contributed by atoms with Gasteiger partial charge in [0.05, 0.1) is 12.1 Å². The van der Waals surface area contributed by atoms with Crippen molar-refractivity contribution in [2.24, 2.45) is 16.1 Å². The molecular weight excluding hydrogens is 332 g/mol. The lowest BCUT2D eigenvalue weighted by atomic mass is 10.0. The summed E-state index contributed by atoms with van der Waals surface area (Å²) in [6.07, 6.45) is 1.53. The summed E-state index contributed by atoms with van der Waals surface area (Å²) in [4.78, 5) is 23.4. The number of benzene rings is 2. The molecule has 1 atom stereocenters. The molecule has 2 aromatic rings. The third kappa shape index (κ3) is 4.54. The van der Waals surface area contributed by atoms with E-state index >= 15 is 0 Å².